The molecule has 1 aromatic carbocycles. The molecule has 0 aliphatic carbocycles. The van der Waals surface area contributed by atoms with E-state index in [4.69, 9.17) is 9.47 Å². The summed E-state index contributed by atoms with van der Waals surface area (Å²) in [5.41, 5.74) is 0.921. The van der Waals surface area contributed by atoms with Crippen LogP contribution in [0.3, 0.4) is 0 Å². The maximum absolute atomic E-state index is 10.4. The van der Waals surface area contributed by atoms with Gasteiger partial charge in [-0.15, -0.1) is 0 Å². The summed E-state index contributed by atoms with van der Waals surface area (Å²) >= 11 is 0. The van der Waals surface area contributed by atoms with Crippen molar-refractivity contribution in [2.45, 2.75) is 32.3 Å². The number of likely N-dealkylation sites (tertiary alicyclic amines) is 1. The van der Waals surface area contributed by atoms with Crippen LogP contribution in [0.5, 0.6) is 11.5 Å². The second-order valence-corrected chi connectivity index (χ2v) is 6.26. The van der Waals surface area contributed by atoms with Crippen molar-refractivity contribution < 1.29 is 14.6 Å². The minimum Gasteiger partial charge on any atom is -0.486 e. The predicted octanol–water partition coefficient (Wildman–Crippen LogP) is 2.61. The van der Waals surface area contributed by atoms with E-state index in [0.29, 0.717) is 13.2 Å². The Morgan fingerprint density at radius 2 is 2.10 bits per heavy atom. The first-order valence-corrected chi connectivity index (χ1v) is 8.02. The van der Waals surface area contributed by atoms with Crippen molar-refractivity contribution in [3.63, 3.8) is 0 Å². The maximum atomic E-state index is 10.4. The molecule has 1 N–H and O–H groups in total. The highest BCUT2D eigenvalue weighted by Gasteiger charge is 2.19. The van der Waals surface area contributed by atoms with Crippen LogP contribution in [0.15, 0.2) is 18.2 Å². The largest absolute Gasteiger partial charge is 0.486 e. The number of ether oxygens (including phenoxy) is 2. The predicted molar refractivity (Wildman–Crippen MR) is 81.8 cm³/mol. The Hall–Kier alpha value is -1.26. The highest BCUT2D eigenvalue weighted by Crippen LogP contribution is 2.33. The number of hydrogen-bond acceptors (Lipinski definition) is 4. The van der Waals surface area contributed by atoms with Crippen molar-refractivity contribution in [1.82, 2.24) is 4.90 Å². The molecule has 2 heterocycles. The fraction of sp³-hybridized carbons (Fsp3) is 0.647. The highest BCUT2D eigenvalue weighted by atomic mass is 16.6. The molecule has 0 spiro atoms. The maximum Gasteiger partial charge on any atom is 0.161 e. The number of aliphatic hydroxyl groups is 1. The van der Waals surface area contributed by atoms with Gasteiger partial charge in [0.15, 0.2) is 11.5 Å². The normalized spacial score (nSPS) is 23.8. The first kappa shape index (κ1) is 14.7. The number of benzene rings is 1. The Morgan fingerprint density at radius 3 is 2.90 bits per heavy atom. The van der Waals surface area contributed by atoms with E-state index >= 15 is 0 Å². The minimum atomic E-state index is -0.432. The second kappa shape index (κ2) is 6.67. The molecule has 1 fully saturated rings. The van der Waals surface area contributed by atoms with Crippen LogP contribution in [0, 0.1) is 5.92 Å². The van der Waals surface area contributed by atoms with Gasteiger partial charge in [0.05, 0.1) is 6.10 Å². The second-order valence-electron chi connectivity index (χ2n) is 6.26. The molecule has 21 heavy (non-hydrogen) atoms. The monoisotopic (exact) mass is 291 g/mol. The average Bonchev–Trinajstić information content (AvgIpc) is 2.52. The standard InChI is InChI=1S/C17H25NO3/c1-13-3-2-7-18(12-13)8-6-15(19)14-4-5-16-17(11-14)21-10-9-20-16/h4-5,11,13,15,19H,2-3,6-10,12H2,1H3. The SMILES string of the molecule is CC1CCCN(CCC(O)c2ccc3c(c2)OCCO3)C1. The number of fused-ring (bicyclic) bond motifs is 1. The zero-order valence-electron chi connectivity index (χ0n) is 12.8. The van der Waals surface area contributed by atoms with Crippen LogP contribution >= 0.6 is 0 Å². The molecule has 2 aliphatic heterocycles. The van der Waals surface area contributed by atoms with Crippen LogP contribution in [0.25, 0.3) is 0 Å². The number of rotatable bonds is 4. The van der Waals surface area contributed by atoms with Gasteiger partial charge in [-0.1, -0.05) is 13.0 Å². The van der Waals surface area contributed by atoms with E-state index in [2.05, 4.69) is 11.8 Å². The lowest BCUT2D eigenvalue weighted by Gasteiger charge is -2.31. The molecule has 116 valence electrons. The summed E-state index contributed by atoms with van der Waals surface area (Å²) in [5, 5.41) is 10.4. The summed E-state index contributed by atoms with van der Waals surface area (Å²) in [7, 11) is 0. The molecule has 1 aromatic rings. The number of hydrogen-bond donors (Lipinski definition) is 1. The topological polar surface area (TPSA) is 41.9 Å². The smallest absolute Gasteiger partial charge is 0.161 e. The Balaban J connectivity index is 1.56. The van der Waals surface area contributed by atoms with Crippen LogP contribution in [0.1, 0.15) is 37.9 Å². The summed E-state index contributed by atoms with van der Waals surface area (Å²) in [4.78, 5) is 2.47. The van der Waals surface area contributed by atoms with Gasteiger partial charge in [-0.3, -0.25) is 0 Å². The lowest BCUT2D eigenvalue weighted by molar-refractivity contribution is 0.121. The van der Waals surface area contributed by atoms with Gasteiger partial charge in [-0.25, -0.2) is 0 Å². The fourth-order valence-corrected chi connectivity index (χ4v) is 3.23. The molecule has 2 unspecified atom stereocenters. The van der Waals surface area contributed by atoms with Gasteiger partial charge in [0.1, 0.15) is 13.2 Å². The molecule has 2 aliphatic rings. The molecule has 0 radical (unpaired) electrons. The van der Waals surface area contributed by atoms with E-state index in [-0.39, 0.29) is 0 Å². The summed E-state index contributed by atoms with van der Waals surface area (Å²) in [6.07, 6.45) is 2.95. The number of nitrogens with zero attached hydrogens (tertiary/aromatic N) is 1. The first-order chi connectivity index (χ1) is 10.2. The van der Waals surface area contributed by atoms with E-state index in [1.165, 1.54) is 12.8 Å². The molecule has 3 rings (SSSR count). The fourth-order valence-electron chi connectivity index (χ4n) is 3.23. The van der Waals surface area contributed by atoms with Crippen LogP contribution in [0.2, 0.25) is 0 Å². The van der Waals surface area contributed by atoms with Gasteiger partial charge in [0.2, 0.25) is 0 Å². The summed E-state index contributed by atoms with van der Waals surface area (Å²) < 4.78 is 11.1. The van der Waals surface area contributed by atoms with E-state index in [0.717, 1.165) is 49.0 Å². The number of piperidine rings is 1. The van der Waals surface area contributed by atoms with Crippen LogP contribution in [-0.4, -0.2) is 42.9 Å². The molecular formula is C17H25NO3. The van der Waals surface area contributed by atoms with E-state index < -0.39 is 6.10 Å². The number of aliphatic hydroxyl groups excluding tert-OH is 1. The Morgan fingerprint density at radius 1 is 1.29 bits per heavy atom. The Bertz CT molecular complexity index is 477. The van der Waals surface area contributed by atoms with Crippen molar-refractivity contribution in [2.75, 3.05) is 32.8 Å². The minimum absolute atomic E-state index is 0.432. The molecule has 1 saturated heterocycles. The average molecular weight is 291 g/mol. The third-order valence-electron chi connectivity index (χ3n) is 4.41. The van der Waals surface area contributed by atoms with E-state index in [9.17, 15) is 5.11 Å². The molecule has 0 aromatic heterocycles. The molecule has 0 saturated carbocycles. The molecule has 4 heteroatoms. The van der Waals surface area contributed by atoms with Gasteiger partial charge < -0.3 is 19.5 Å². The lowest BCUT2D eigenvalue weighted by atomic mass is 9.99. The van der Waals surface area contributed by atoms with Crippen LogP contribution in [0.4, 0.5) is 0 Å². The van der Waals surface area contributed by atoms with Crippen molar-refractivity contribution in [3.8, 4) is 11.5 Å². The quantitative estimate of drug-likeness (QED) is 0.926. The zero-order chi connectivity index (χ0) is 14.7. The lowest BCUT2D eigenvalue weighted by Crippen LogP contribution is -2.35. The van der Waals surface area contributed by atoms with Gasteiger partial charge in [-0.05, 0) is 49.4 Å². The molecule has 0 bridgehead atoms. The molecule has 2 atom stereocenters. The van der Waals surface area contributed by atoms with Crippen LogP contribution in [-0.2, 0) is 0 Å². The van der Waals surface area contributed by atoms with Crippen molar-refractivity contribution in [2.24, 2.45) is 5.92 Å². The molecule has 4 nitrogen and oxygen atoms in total. The van der Waals surface area contributed by atoms with Crippen molar-refractivity contribution in [3.05, 3.63) is 23.8 Å². The summed E-state index contributed by atoms with van der Waals surface area (Å²) in [5.74, 6) is 2.32. The summed E-state index contributed by atoms with van der Waals surface area (Å²) in [6, 6.07) is 5.75. The van der Waals surface area contributed by atoms with E-state index in [1.807, 2.05) is 18.2 Å². The third-order valence-corrected chi connectivity index (χ3v) is 4.41. The Kier molecular flexibility index (Phi) is 4.66. The van der Waals surface area contributed by atoms with Crippen molar-refractivity contribution >= 4 is 0 Å². The third kappa shape index (κ3) is 3.69. The van der Waals surface area contributed by atoms with Gasteiger partial charge >= 0.3 is 0 Å². The zero-order valence-corrected chi connectivity index (χ0v) is 12.8. The van der Waals surface area contributed by atoms with E-state index in [1.54, 1.807) is 0 Å². The summed E-state index contributed by atoms with van der Waals surface area (Å²) in [6.45, 7) is 6.77. The van der Waals surface area contributed by atoms with Crippen molar-refractivity contribution in [1.29, 1.82) is 0 Å². The molecule has 0 amide bonds. The highest BCUT2D eigenvalue weighted by molar-refractivity contribution is 5.44. The van der Waals surface area contributed by atoms with Gasteiger partial charge in [0, 0.05) is 13.1 Å². The van der Waals surface area contributed by atoms with Crippen LogP contribution < -0.4 is 9.47 Å². The Labute approximate surface area is 126 Å². The first-order valence-electron chi connectivity index (χ1n) is 8.02. The van der Waals surface area contributed by atoms with Gasteiger partial charge in [-0.2, -0.15) is 0 Å². The van der Waals surface area contributed by atoms with Gasteiger partial charge in [0.25, 0.3) is 0 Å². The molecular weight excluding hydrogens is 266 g/mol.